The first kappa shape index (κ1) is 23.8. The molecule has 0 spiro atoms. The molecule has 1 aliphatic heterocycles. The lowest BCUT2D eigenvalue weighted by Gasteiger charge is -2.35. The fraction of sp³-hybridized carbons (Fsp3) is 0.179. The maximum Gasteiger partial charge on any atom is 0.246 e. The number of fused-ring (bicyclic) bond motifs is 1. The van der Waals surface area contributed by atoms with Crippen LogP contribution in [-0.4, -0.2) is 52.3 Å². The second kappa shape index (κ2) is 9.95. The van der Waals surface area contributed by atoms with Crippen molar-refractivity contribution in [2.75, 3.05) is 31.1 Å². The van der Waals surface area contributed by atoms with Crippen LogP contribution in [0.15, 0.2) is 73.3 Å². The van der Waals surface area contributed by atoms with E-state index in [2.05, 4.69) is 21.7 Å². The largest absolute Gasteiger partial charge is 0.507 e. The predicted molar refractivity (Wildman–Crippen MR) is 140 cm³/mol. The number of phenolic OH excluding ortho intramolecular Hbond substituents is 1. The Bertz CT molecular complexity index is 1430. The van der Waals surface area contributed by atoms with Crippen molar-refractivity contribution in [3.05, 3.63) is 95.4 Å². The number of halogens is 2. The summed E-state index contributed by atoms with van der Waals surface area (Å²) >= 11 is 6.68. The van der Waals surface area contributed by atoms with Crippen molar-refractivity contribution in [2.24, 2.45) is 0 Å². The molecule has 182 valence electrons. The van der Waals surface area contributed by atoms with Gasteiger partial charge in [-0.25, -0.2) is 4.39 Å². The summed E-state index contributed by atoms with van der Waals surface area (Å²) in [6.45, 7) is 5.80. The molecule has 8 heteroatoms. The lowest BCUT2D eigenvalue weighted by molar-refractivity contribution is -0.126. The van der Waals surface area contributed by atoms with Crippen LogP contribution in [0.2, 0.25) is 5.02 Å². The molecular formula is C28H24ClFN4O2. The van der Waals surface area contributed by atoms with Crippen LogP contribution in [0.4, 0.5) is 10.2 Å². The monoisotopic (exact) mass is 502 g/mol. The van der Waals surface area contributed by atoms with Gasteiger partial charge < -0.3 is 14.9 Å². The molecular weight excluding hydrogens is 479 g/mol. The van der Waals surface area contributed by atoms with Crippen LogP contribution in [0, 0.1) is 5.82 Å². The third-order valence-electron chi connectivity index (χ3n) is 6.47. The molecule has 1 aromatic heterocycles. The van der Waals surface area contributed by atoms with Gasteiger partial charge in [0.2, 0.25) is 5.91 Å². The van der Waals surface area contributed by atoms with Crippen molar-refractivity contribution in [1.82, 2.24) is 15.1 Å². The molecule has 0 radical (unpaired) electrons. The summed E-state index contributed by atoms with van der Waals surface area (Å²) in [6, 6.07) is 17.6. The van der Waals surface area contributed by atoms with Gasteiger partial charge in [-0.15, -0.1) is 5.10 Å². The molecule has 2 heterocycles. The Morgan fingerprint density at radius 3 is 2.47 bits per heavy atom. The van der Waals surface area contributed by atoms with Gasteiger partial charge in [-0.2, -0.15) is 5.10 Å². The number of aromatic nitrogens is 2. The van der Waals surface area contributed by atoms with Gasteiger partial charge in [0.05, 0.1) is 11.3 Å². The van der Waals surface area contributed by atoms with Gasteiger partial charge in [-0.05, 0) is 35.9 Å². The van der Waals surface area contributed by atoms with Crippen LogP contribution in [0.5, 0.6) is 5.75 Å². The molecule has 0 unspecified atom stereocenters. The summed E-state index contributed by atoms with van der Waals surface area (Å²) in [5.74, 6) is -0.197. The van der Waals surface area contributed by atoms with E-state index in [1.807, 2.05) is 30.3 Å². The molecule has 1 fully saturated rings. The van der Waals surface area contributed by atoms with Gasteiger partial charge in [0.1, 0.15) is 11.6 Å². The van der Waals surface area contributed by atoms with E-state index in [9.17, 15) is 14.3 Å². The number of rotatable bonds is 5. The van der Waals surface area contributed by atoms with E-state index in [-0.39, 0.29) is 17.2 Å². The van der Waals surface area contributed by atoms with E-state index in [1.54, 1.807) is 17.0 Å². The lowest BCUT2D eigenvalue weighted by atomic mass is 9.97. The molecule has 1 amide bonds. The maximum absolute atomic E-state index is 14.8. The first-order valence-electron chi connectivity index (χ1n) is 11.6. The molecule has 4 aromatic rings. The number of aromatic hydroxyl groups is 1. The predicted octanol–water partition coefficient (Wildman–Crippen LogP) is 5.22. The molecule has 1 aliphatic rings. The lowest BCUT2D eigenvalue weighted by Crippen LogP contribution is -2.48. The van der Waals surface area contributed by atoms with Crippen LogP contribution in [0.1, 0.15) is 11.3 Å². The summed E-state index contributed by atoms with van der Waals surface area (Å²) < 4.78 is 14.8. The first-order chi connectivity index (χ1) is 17.5. The minimum absolute atomic E-state index is 0.0463. The molecule has 0 aliphatic carbocycles. The second-order valence-corrected chi connectivity index (χ2v) is 9.07. The number of hydrogen-bond acceptors (Lipinski definition) is 5. The Morgan fingerprint density at radius 1 is 1.03 bits per heavy atom. The van der Waals surface area contributed by atoms with Gasteiger partial charge in [-0.1, -0.05) is 54.6 Å². The summed E-state index contributed by atoms with van der Waals surface area (Å²) in [4.78, 5) is 15.8. The highest BCUT2D eigenvalue weighted by atomic mass is 35.5. The van der Waals surface area contributed by atoms with Crippen LogP contribution in [0.25, 0.3) is 21.9 Å². The standard InChI is InChI=1S/C28H24ClFN4O2/c1-2-26(36)33-11-13-34(14-12-33)28-20-17-22(29)21(27-23(30)9-6-10-25(27)35)16-19(20)24(31-32-28)15-18-7-4-3-5-8-18/h2-10,16-17,35H,1,11-15H2. The fourth-order valence-corrected chi connectivity index (χ4v) is 4.86. The Balaban J connectivity index is 1.63. The summed E-state index contributed by atoms with van der Waals surface area (Å²) in [6.07, 6.45) is 1.85. The van der Waals surface area contributed by atoms with Crippen molar-refractivity contribution in [3.8, 4) is 16.9 Å². The van der Waals surface area contributed by atoms with E-state index >= 15 is 0 Å². The topological polar surface area (TPSA) is 69.6 Å². The van der Waals surface area contributed by atoms with Gasteiger partial charge >= 0.3 is 0 Å². The summed E-state index contributed by atoms with van der Waals surface area (Å²) in [7, 11) is 0. The van der Waals surface area contributed by atoms with Crippen LogP contribution in [-0.2, 0) is 11.2 Å². The summed E-state index contributed by atoms with van der Waals surface area (Å²) in [5, 5.41) is 21.4. The Kier molecular flexibility index (Phi) is 6.57. The highest BCUT2D eigenvalue weighted by Crippen LogP contribution is 2.41. The molecule has 6 nitrogen and oxygen atoms in total. The number of phenols is 1. The van der Waals surface area contributed by atoms with Gasteiger partial charge in [0, 0.05) is 54.0 Å². The molecule has 0 bridgehead atoms. The van der Waals surface area contributed by atoms with Crippen LogP contribution in [0.3, 0.4) is 0 Å². The molecule has 5 rings (SSSR count). The number of benzene rings is 3. The molecule has 0 saturated carbocycles. The number of carbonyl (C=O) groups is 1. The number of nitrogens with zero attached hydrogens (tertiary/aromatic N) is 4. The zero-order valence-corrected chi connectivity index (χ0v) is 20.2. The van der Waals surface area contributed by atoms with E-state index in [4.69, 9.17) is 11.6 Å². The maximum atomic E-state index is 14.8. The average molecular weight is 503 g/mol. The summed E-state index contributed by atoms with van der Waals surface area (Å²) in [5.41, 5.74) is 2.20. The Morgan fingerprint density at radius 2 is 1.78 bits per heavy atom. The van der Waals surface area contributed by atoms with Crippen molar-refractivity contribution in [3.63, 3.8) is 0 Å². The fourth-order valence-electron chi connectivity index (χ4n) is 4.60. The third kappa shape index (κ3) is 4.50. The van der Waals surface area contributed by atoms with Crippen LogP contribution >= 0.6 is 11.6 Å². The van der Waals surface area contributed by atoms with Crippen molar-refractivity contribution < 1.29 is 14.3 Å². The zero-order chi connectivity index (χ0) is 25.2. The molecule has 3 aromatic carbocycles. The minimum Gasteiger partial charge on any atom is -0.507 e. The highest BCUT2D eigenvalue weighted by Gasteiger charge is 2.24. The third-order valence-corrected chi connectivity index (χ3v) is 6.78. The van der Waals surface area contributed by atoms with Crippen molar-refractivity contribution in [1.29, 1.82) is 0 Å². The molecule has 1 N–H and O–H groups in total. The zero-order valence-electron chi connectivity index (χ0n) is 19.5. The van der Waals surface area contributed by atoms with E-state index in [0.29, 0.717) is 54.7 Å². The molecule has 0 atom stereocenters. The highest BCUT2D eigenvalue weighted by molar-refractivity contribution is 6.34. The first-order valence-corrected chi connectivity index (χ1v) is 12.0. The number of hydrogen-bond donors (Lipinski definition) is 1. The van der Waals surface area contributed by atoms with Crippen molar-refractivity contribution in [2.45, 2.75) is 6.42 Å². The van der Waals surface area contributed by atoms with E-state index in [1.165, 1.54) is 24.3 Å². The Hall–Kier alpha value is -3.97. The smallest absolute Gasteiger partial charge is 0.246 e. The minimum atomic E-state index is -0.564. The molecule has 36 heavy (non-hydrogen) atoms. The van der Waals surface area contributed by atoms with Crippen LogP contribution < -0.4 is 4.90 Å². The second-order valence-electron chi connectivity index (χ2n) is 8.66. The number of carbonyl (C=O) groups excluding carboxylic acids is 1. The normalized spacial score (nSPS) is 13.7. The van der Waals surface area contributed by atoms with E-state index in [0.717, 1.165) is 16.3 Å². The number of amides is 1. The number of anilines is 1. The average Bonchev–Trinajstić information content (AvgIpc) is 2.89. The quantitative estimate of drug-likeness (QED) is 0.379. The van der Waals surface area contributed by atoms with Gasteiger partial charge in [-0.3, -0.25) is 4.79 Å². The Labute approximate surface area is 213 Å². The van der Waals surface area contributed by atoms with Crippen molar-refractivity contribution >= 4 is 34.1 Å². The SMILES string of the molecule is C=CC(=O)N1CCN(c2nnc(Cc3ccccc3)c3cc(-c4c(O)cccc4F)c(Cl)cc23)CC1. The van der Waals surface area contributed by atoms with Gasteiger partial charge in [0.25, 0.3) is 0 Å². The van der Waals surface area contributed by atoms with Gasteiger partial charge in [0.15, 0.2) is 5.82 Å². The van der Waals surface area contributed by atoms with E-state index < -0.39 is 5.82 Å². The molecule has 1 saturated heterocycles. The number of piperazine rings is 1.